The predicted octanol–water partition coefficient (Wildman–Crippen LogP) is 3.46. The highest BCUT2D eigenvalue weighted by molar-refractivity contribution is 5.99. The number of hydrogen-bond acceptors (Lipinski definition) is 2. The Morgan fingerprint density at radius 2 is 1.55 bits per heavy atom. The van der Waals surface area contributed by atoms with Crippen LogP contribution in [0.15, 0.2) is 29.3 Å². The molecular weight excluding hydrogens is 293 g/mol. The van der Waals surface area contributed by atoms with Crippen LogP contribution in [0.2, 0.25) is 0 Å². The van der Waals surface area contributed by atoms with E-state index in [1.807, 2.05) is 7.05 Å². The summed E-state index contributed by atoms with van der Waals surface area (Å²) in [6, 6.07) is 8.66. The minimum atomic E-state index is 0. The number of benzene rings is 1. The monoisotopic (exact) mass is 317 g/mol. The SMILES string of the molecule is CN=C(c1ccc(N(C)C)cc1)N1CCCCC1.Cl.Cl. The van der Waals surface area contributed by atoms with Gasteiger partial charge in [0.2, 0.25) is 0 Å². The van der Waals surface area contributed by atoms with Gasteiger partial charge in [-0.1, -0.05) is 0 Å². The second-order valence-corrected chi connectivity index (χ2v) is 5.04. The van der Waals surface area contributed by atoms with Gasteiger partial charge in [-0.05, 0) is 43.5 Å². The first-order valence-corrected chi connectivity index (χ1v) is 6.72. The minimum Gasteiger partial charge on any atom is -0.378 e. The molecule has 0 atom stereocenters. The third-order valence-corrected chi connectivity index (χ3v) is 3.51. The summed E-state index contributed by atoms with van der Waals surface area (Å²) in [6.07, 6.45) is 3.93. The molecule has 1 heterocycles. The lowest BCUT2D eigenvalue weighted by Crippen LogP contribution is -2.36. The molecule has 0 aliphatic carbocycles. The van der Waals surface area contributed by atoms with Crippen molar-refractivity contribution in [2.75, 3.05) is 39.1 Å². The fourth-order valence-electron chi connectivity index (χ4n) is 2.47. The molecule has 1 fully saturated rings. The van der Waals surface area contributed by atoms with Crippen LogP contribution in [0.3, 0.4) is 0 Å². The first-order chi connectivity index (χ1) is 8.72. The van der Waals surface area contributed by atoms with E-state index in [0.717, 1.165) is 18.9 Å². The summed E-state index contributed by atoms with van der Waals surface area (Å²) >= 11 is 0. The van der Waals surface area contributed by atoms with Crippen LogP contribution in [0.4, 0.5) is 5.69 Å². The maximum absolute atomic E-state index is 4.49. The molecule has 0 bridgehead atoms. The van der Waals surface area contributed by atoms with E-state index in [0.29, 0.717) is 0 Å². The molecule has 1 saturated heterocycles. The zero-order chi connectivity index (χ0) is 13.0. The Morgan fingerprint density at radius 1 is 1.00 bits per heavy atom. The molecule has 0 aromatic heterocycles. The van der Waals surface area contributed by atoms with Gasteiger partial charge < -0.3 is 9.80 Å². The Hall–Kier alpha value is -0.930. The van der Waals surface area contributed by atoms with Crippen LogP contribution in [0.5, 0.6) is 0 Å². The number of likely N-dealkylation sites (tertiary alicyclic amines) is 1. The summed E-state index contributed by atoms with van der Waals surface area (Å²) < 4.78 is 0. The van der Waals surface area contributed by atoms with E-state index in [9.17, 15) is 0 Å². The number of amidine groups is 1. The second kappa shape index (κ2) is 9.09. The first kappa shape index (κ1) is 19.1. The zero-order valence-corrected chi connectivity index (χ0v) is 14.1. The van der Waals surface area contributed by atoms with Gasteiger partial charge in [0.25, 0.3) is 0 Å². The smallest absolute Gasteiger partial charge is 0.130 e. The number of halogens is 2. The van der Waals surface area contributed by atoms with Crippen molar-refractivity contribution in [1.29, 1.82) is 0 Å². The number of hydrogen-bond donors (Lipinski definition) is 0. The van der Waals surface area contributed by atoms with Crippen molar-refractivity contribution in [2.45, 2.75) is 19.3 Å². The largest absolute Gasteiger partial charge is 0.378 e. The molecule has 1 aromatic rings. The Kier molecular flexibility index (Phi) is 8.67. The molecule has 0 N–H and O–H groups in total. The van der Waals surface area contributed by atoms with Gasteiger partial charge in [0, 0.05) is 45.5 Å². The number of aliphatic imine (C=N–C) groups is 1. The molecule has 20 heavy (non-hydrogen) atoms. The van der Waals surface area contributed by atoms with Gasteiger partial charge in [-0.25, -0.2) is 0 Å². The van der Waals surface area contributed by atoms with E-state index >= 15 is 0 Å². The first-order valence-electron chi connectivity index (χ1n) is 6.72. The van der Waals surface area contributed by atoms with Gasteiger partial charge in [0.15, 0.2) is 0 Å². The Labute approximate surface area is 134 Å². The Balaban J connectivity index is 0.00000180. The molecule has 0 spiro atoms. The van der Waals surface area contributed by atoms with Gasteiger partial charge in [-0.2, -0.15) is 0 Å². The maximum Gasteiger partial charge on any atom is 0.130 e. The van der Waals surface area contributed by atoms with E-state index in [4.69, 9.17) is 0 Å². The molecule has 114 valence electrons. The van der Waals surface area contributed by atoms with Crippen LogP contribution in [0.1, 0.15) is 24.8 Å². The summed E-state index contributed by atoms with van der Waals surface area (Å²) in [5.41, 5.74) is 2.46. The normalized spacial score (nSPS) is 15.2. The highest BCUT2D eigenvalue weighted by Gasteiger charge is 2.15. The van der Waals surface area contributed by atoms with Crippen LogP contribution in [0, 0.1) is 0 Å². The molecule has 0 unspecified atom stereocenters. The van der Waals surface area contributed by atoms with E-state index in [-0.39, 0.29) is 24.8 Å². The molecule has 0 amide bonds. The standard InChI is InChI=1S/C15H23N3.2ClH/c1-16-15(18-11-5-4-6-12-18)13-7-9-14(10-8-13)17(2)3;;/h7-10H,4-6,11-12H2,1-3H3;2*1H. The van der Waals surface area contributed by atoms with Crippen LogP contribution >= 0.6 is 24.8 Å². The van der Waals surface area contributed by atoms with E-state index in [1.54, 1.807) is 0 Å². The molecule has 1 aliphatic rings. The molecule has 0 radical (unpaired) electrons. The van der Waals surface area contributed by atoms with Crippen molar-refractivity contribution in [2.24, 2.45) is 4.99 Å². The van der Waals surface area contributed by atoms with Crippen LogP contribution in [0.25, 0.3) is 0 Å². The molecule has 2 rings (SSSR count). The van der Waals surface area contributed by atoms with Gasteiger partial charge >= 0.3 is 0 Å². The summed E-state index contributed by atoms with van der Waals surface area (Å²) in [6.45, 7) is 2.28. The lowest BCUT2D eigenvalue weighted by molar-refractivity contribution is 0.342. The average Bonchev–Trinajstić information content (AvgIpc) is 2.41. The van der Waals surface area contributed by atoms with Crippen molar-refractivity contribution >= 4 is 36.3 Å². The van der Waals surface area contributed by atoms with Gasteiger partial charge in [-0.15, -0.1) is 24.8 Å². The van der Waals surface area contributed by atoms with Crippen molar-refractivity contribution in [3.8, 4) is 0 Å². The zero-order valence-electron chi connectivity index (χ0n) is 12.5. The number of piperidine rings is 1. The summed E-state index contributed by atoms with van der Waals surface area (Å²) in [4.78, 5) is 9.01. The fraction of sp³-hybridized carbons (Fsp3) is 0.533. The quantitative estimate of drug-likeness (QED) is 0.614. The molecule has 1 aliphatic heterocycles. The fourth-order valence-corrected chi connectivity index (χ4v) is 2.47. The average molecular weight is 318 g/mol. The van der Waals surface area contributed by atoms with E-state index in [2.05, 4.69) is 53.2 Å². The number of rotatable bonds is 2. The van der Waals surface area contributed by atoms with E-state index in [1.165, 1.54) is 30.5 Å². The third kappa shape index (κ3) is 4.57. The molecule has 5 heteroatoms. The number of nitrogens with zero attached hydrogens (tertiary/aromatic N) is 3. The lowest BCUT2D eigenvalue weighted by Gasteiger charge is -2.30. The second-order valence-electron chi connectivity index (χ2n) is 5.04. The molecular formula is C15H25Cl2N3. The van der Waals surface area contributed by atoms with Crippen molar-refractivity contribution in [3.05, 3.63) is 29.8 Å². The van der Waals surface area contributed by atoms with E-state index < -0.39 is 0 Å². The number of anilines is 1. The molecule has 0 saturated carbocycles. The molecule has 1 aromatic carbocycles. The van der Waals surface area contributed by atoms with Crippen molar-refractivity contribution < 1.29 is 0 Å². The Morgan fingerprint density at radius 3 is 2.00 bits per heavy atom. The van der Waals surface area contributed by atoms with Gasteiger partial charge in [0.05, 0.1) is 0 Å². The highest BCUT2D eigenvalue weighted by atomic mass is 35.5. The predicted molar refractivity (Wildman–Crippen MR) is 93.2 cm³/mol. The molecule has 3 nitrogen and oxygen atoms in total. The van der Waals surface area contributed by atoms with Crippen LogP contribution in [-0.4, -0.2) is 45.0 Å². The van der Waals surface area contributed by atoms with Crippen LogP contribution in [-0.2, 0) is 0 Å². The highest BCUT2D eigenvalue weighted by Crippen LogP contribution is 2.17. The summed E-state index contributed by atoms with van der Waals surface area (Å²) in [5.74, 6) is 1.14. The van der Waals surface area contributed by atoms with Gasteiger partial charge in [-0.3, -0.25) is 4.99 Å². The topological polar surface area (TPSA) is 18.8 Å². The van der Waals surface area contributed by atoms with Crippen molar-refractivity contribution in [1.82, 2.24) is 4.90 Å². The third-order valence-electron chi connectivity index (χ3n) is 3.51. The maximum atomic E-state index is 4.49. The summed E-state index contributed by atoms with van der Waals surface area (Å²) in [5, 5.41) is 0. The lowest BCUT2D eigenvalue weighted by atomic mass is 10.1. The van der Waals surface area contributed by atoms with Crippen molar-refractivity contribution in [3.63, 3.8) is 0 Å². The minimum absolute atomic E-state index is 0. The summed E-state index contributed by atoms with van der Waals surface area (Å²) in [7, 11) is 6.02. The van der Waals surface area contributed by atoms with Gasteiger partial charge in [0.1, 0.15) is 5.84 Å². The Bertz CT molecular complexity index is 410. The van der Waals surface area contributed by atoms with Crippen LogP contribution < -0.4 is 4.90 Å².